The van der Waals surface area contributed by atoms with Gasteiger partial charge in [0.05, 0.1) is 5.56 Å². The number of rotatable bonds is 11. The molecule has 2 rings (SSSR count). The second kappa shape index (κ2) is 11.3. The second-order valence-corrected chi connectivity index (χ2v) is 8.51. The number of ketones is 2. The molecule has 0 radical (unpaired) electrons. The lowest BCUT2D eigenvalue weighted by molar-refractivity contribution is -0.116. The monoisotopic (exact) mass is 437 g/mol. The highest BCUT2D eigenvalue weighted by atomic mass is 16.5. The number of hydrogen-bond acceptors (Lipinski definition) is 6. The van der Waals surface area contributed by atoms with Crippen molar-refractivity contribution in [1.82, 2.24) is 0 Å². The minimum atomic E-state index is -0.445. The molecule has 0 aliphatic heterocycles. The fourth-order valence-electron chi connectivity index (χ4n) is 3.00. The summed E-state index contributed by atoms with van der Waals surface area (Å²) in [6.07, 6.45) is 1.95. The molecular formula is C26H31NO5. The maximum absolute atomic E-state index is 12.7. The van der Waals surface area contributed by atoms with Crippen LogP contribution in [0.3, 0.4) is 0 Å². The summed E-state index contributed by atoms with van der Waals surface area (Å²) in [5.41, 5.74) is 2.67. The second-order valence-electron chi connectivity index (χ2n) is 8.51. The number of hydrogen-bond donors (Lipinski definition) is 1. The average Bonchev–Trinajstić information content (AvgIpc) is 2.75. The van der Waals surface area contributed by atoms with E-state index >= 15 is 0 Å². The van der Waals surface area contributed by atoms with E-state index in [-0.39, 0.29) is 30.2 Å². The zero-order chi connectivity index (χ0) is 23.7. The van der Waals surface area contributed by atoms with Crippen molar-refractivity contribution in [2.45, 2.75) is 39.5 Å². The van der Waals surface area contributed by atoms with Gasteiger partial charge in [-0.3, -0.25) is 9.59 Å². The maximum atomic E-state index is 12.7. The number of benzene rings is 2. The number of Topliss-reactive ketones (excluding diaryl/α,β-unsaturated/α-hetero) is 2. The molecule has 0 aliphatic rings. The van der Waals surface area contributed by atoms with Crippen LogP contribution >= 0.6 is 0 Å². The molecular weight excluding hydrogens is 406 g/mol. The van der Waals surface area contributed by atoms with Crippen molar-refractivity contribution in [2.75, 3.05) is 25.1 Å². The summed E-state index contributed by atoms with van der Waals surface area (Å²) in [7, 11) is 0. The van der Waals surface area contributed by atoms with Crippen molar-refractivity contribution < 1.29 is 23.9 Å². The highest BCUT2D eigenvalue weighted by Crippen LogP contribution is 2.31. The maximum Gasteiger partial charge on any atom is 0.338 e. The van der Waals surface area contributed by atoms with Crippen LogP contribution < -0.4 is 10.1 Å². The van der Waals surface area contributed by atoms with Crippen LogP contribution in [0.4, 0.5) is 5.69 Å². The first kappa shape index (κ1) is 24.9. The average molecular weight is 438 g/mol. The largest absolute Gasteiger partial charge is 0.485 e. The van der Waals surface area contributed by atoms with Gasteiger partial charge in [-0.05, 0) is 60.4 Å². The van der Waals surface area contributed by atoms with Crippen molar-refractivity contribution in [1.29, 1.82) is 0 Å². The number of carbonyl (C=O) groups is 3. The normalized spacial score (nSPS) is 10.9. The fourth-order valence-corrected chi connectivity index (χ4v) is 3.00. The van der Waals surface area contributed by atoms with Crippen LogP contribution in [0.15, 0.2) is 55.1 Å². The lowest BCUT2D eigenvalue weighted by atomic mass is 9.84. The molecule has 0 amide bonds. The van der Waals surface area contributed by atoms with Gasteiger partial charge in [0.2, 0.25) is 0 Å². The van der Waals surface area contributed by atoms with Crippen molar-refractivity contribution in [2.24, 2.45) is 0 Å². The Kier molecular flexibility index (Phi) is 8.76. The minimum absolute atomic E-state index is 0.124. The zero-order valence-corrected chi connectivity index (χ0v) is 19.2. The van der Waals surface area contributed by atoms with Crippen molar-refractivity contribution in [3.8, 4) is 5.75 Å². The Balaban J connectivity index is 2.05. The van der Waals surface area contributed by atoms with Gasteiger partial charge in [0, 0.05) is 24.2 Å². The molecule has 0 aliphatic carbocycles. The molecule has 0 heterocycles. The van der Waals surface area contributed by atoms with Gasteiger partial charge in [-0.2, -0.15) is 0 Å². The number of anilines is 1. The Hall–Kier alpha value is -3.41. The van der Waals surface area contributed by atoms with Crippen LogP contribution in [0.25, 0.3) is 0 Å². The SMILES string of the molecule is C=CCOC(=O)c1ccc(OCC(=O)c2ccc(NCCC(C)=O)c(C(C)(C)C)c2)cc1. The standard InChI is InChI=1S/C26H31NO5/c1-6-15-31-25(30)19-7-10-21(11-8-19)32-17-24(29)20-9-12-23(27-14-13-18(2)28)22(16-20)26(3,4)5/h6-12,16,27H,1,13-15,17H2,2-5H3. The van der Waals surface area contributed by atoms with Gasteiger partial charge < -0.3 is 14.8 Å². The molecule has 1 N–H and O–H groups in total. The topological polar surface area (TPSA) is 81.7 Å². The van der Waals surface area contributed by atoms with Crippen LogP contribution in [0.1, 0.15) is 60.4 Å². The Morgan fingerprint density at radius 2 is 1.69 bits per heavy atom. The summed E-state index contributed by atoms with van der Waals surface area (Å²) in [5, 5.41) is 3.30. The van der Waals surface area contributed by atoms with Crippen LogP contribution in [-0.2, 0) is 14.9 Å². The first-order valence-corrected chi connectivity index (χ1v) is 10.5. The molecule has 0 aromatic heterocycles. The molecule has 2 aromatic rings. The van der Waals surface area contributed by atoms with Gasteiger partial charge in [0.1, 0.15) is 18.1 Å². The van der Waals surface area contributed by atoms with E-state index in [1.54, 1.807) is 37.3 Å². The molecule has 0 unspecified atom stereocenters. The molecule has 0 fully saturated rings. The molecule has 32 heavy (non-hydrogen) atoms. The van der Waals surface area contributed by atoms with Crippen LogP contribution in [0.2, 0.25) is 0 Å². The Morgan fingerprint density at radius 1 is 1.03 bits per heavy atom. The minimum Gasteiger partial charge on any atom is -0.485 e. The third kappa shape index (κ3) is 7.38. The first-order chi connectivity index (χ1) is 15.1. The Bertz CT molecular complexity index is 971. The van der Waals surface area contributed by atoms with Crippen molar-refractivity contribution in [3.05, 3.63) is 71.8 Å². The van der Waals surface area contributed by atoms with E-state index in [0.717, 1.165) is 11.3 Å². The van der Waals surface area contributed by atoms with Gasteiger partial charge in [0.25, 0.3) is 0 Å². The molecule has 0 atom stereocenters. The first-order valence-electron chi connectivity index (χ1n) is 10.5. The van der Waals surface area contributed by atoms with Crippen molar-refractivity contribution >= 4 is 23.2 Å². The summed E-state index contributed by atoms with van der Waals surface area (Å²) >= 11 is 0. The van der Waals surface area contributed by atoms with E-state index in [1.807, 2.05) is 12.1 Å². The van der Waals surface area contributed by atoms with Gasteiger partial charge in [0.15, 0.2) is 12.4 Å². The number of nitrogens with one attached hydrogen (secondary N) is 1. The Labute approximate surface area is 189 Å². The lowest BCUT2D eigenvalue weighted by Crippen LogP contribution is -2.18. The van der Waals surface area contributed by atoms with Crippen LogP contribution in [0.5, 0.6) is 5.75 Å². The Morgan fingerprint density at radius 3 is 2.28 bits per heavy atom. The van der Waals surface area contributed by atoms with E-state index in [4.69, 9.17) is 9.47 Å². The van der Waals surface area contributed by atoms with Crippen LogP contribution in [-0.4, -0.2) is 37.3 Å². The van der Waals surface area contributed by atoms with Gasteiger partial charge >= 0.3 is 5.97 Å². The molecule has 0 spiro atoms. The van der Waals surface area contributed by atoms with Crippen molar-refractivity contribution in [3.63, 3.8) is 0 Å². The highest BCUT2D eigenvalue weighted by Gasteiger charge is 2.20. The summed E-state index contributed by atoms with van der Waals surface area (Å²) in [4.78, 5) is 35.8. The molecule has 0 saturated heterocycles. The van der Waals surface area contributed by atoms with E-state index < -0.39 is 5.97 Å². The number of carbonyl (C=O) groups excluding carboxylic acids is 3. The molecule has 2 aromatic carbocycles. The quantitative estimate of drug-likeness (QED) is 0.303. The summed E-state index contributed by atoms with van der Waals surface area (Å²) in [6.45, 7) is 11.9. The third-order valence-corrected chi connectivity index (χ3v) is 4.73. The molecule has 0 bridgehead atoms. The lowest BCUT2D eigenvalue weighted by Gasteiger charge is -2.24. The number of ether oxygens (including phenoxy) is 2. The summed E-state index contributed by atoms with van der Waals surface area (Å²) in [6, 6.07) is 11.9. The van der Waals surface area contributed by atoms with E-state index in [9.17, 15) is 14.4 Å². The highest BCUT2D eigenvalue weighted by molar-refractivity contribution is 5.98. The van der Waals surface area contributed by atoms with Gasteiger partial charge in [-0.25, -0.2) is 4.79 Å². The molecule has 170 valence electrons. The van der Waals surface area contributed by atoms with E-state index in [1.165, 1.54) is 6.08 Å². The smallest absolute Gasteiger partial charge is 0.338 e. The van der Waals surface area contributed by atoms with E-state index in [0.29, 0.717) is 29.8 Å². The summed E-state index contributed by atoms with van der Waals surface area (Å²) < 4.78 is 10.6. The molecule has 6 nitrogen and oxygen atoms in total. The van der Waals surface area contributed by atoms with Gasteiger partial charge in [-0.15, -0.1) is 0 Å². The third-order valence-electron chi connectivity index (χ3n) is 4.73. The predicted molar refractivity (Wildman–Crippen MR) is 126 cm³/mol. The number of esters is 1. The molecule has 6 heteroatoms. The summed E-state index contributed by atoms with van der Waals surface area (Å²) in [5.74, 6) is 0.0112. The predicted octanol–water partition coefficient (Wildman–Crippen LogP) is 4.98. The van der Waals surface area contributed by atoms with Crippen LogP contribution in [0, 0.1) is 0 Å². The molecule has 0 saturated carbocycles. The van der Waals surface area contributed by atoms with E-state index in [2.05, 4.69) is 32.7 Å². The fraction of sp³-hybridized carbons (Fsp3) is 0.346. The van der Waals surface area contributed by atoms with Gasteiger partial charge in [-0.1, -0.05) is 33.4 Å². The zero-order valence-electron chi connectivity index (χ0n) is 19.2.